The van der Waals surface area contributed by atoms with Crippen LogP contribution in [0.25, 0.3) is 10.9 Å². The molecule has 7 nitrogen and oxygen atoms in total. The van der Waals surface area contributed by atoms with Crippen molar-refractivity contribution >= 4 is 28.2 Å². The lowest BCUT2D eigenvalue weighted by Crippen LogP contribution is -2.44. The molecule has 2 aliphatic rings. The molecule has 1 aromatic heterocycles. The van der Waals surface area contributed by atoms with E-state index in [0.717, 1.165) is 18.8 Å². The highest BCUT2D eigenvalue weighted by atomic mass is 19.1. The Morgan fingerprint density at radius 2 is 2.03 bits per heavy atom. The van der Waals surface area contributed by atoms with Crippen LogP contribution in [-0.4, -0.2) is 40.8 Å². The molecule has 29 heavy (non-hydrogen) atoms. The molecule has 2 fully saturated rings. The van der Waals surface area contributed by atoms with Gasteiger partial charge in [0, 0.05) is 37.9 Å². The molecule has 1 saturated carbocycles. The predicted molar refractivity (Wildman–Crippen MR) is 111 cm³/mol. The number of piperidine rings is 1. The SMILES string of the molecule is CCn1cc(C(=O)O)c(=O)c2c(N)c(F)c(N3CCC(N[C@@H]4C[C@H]4C)CC3)cc21. The number of benzene rings is 1. The van der Waals surface area contributed by atoms with Crippen molar-refractivity contribution in [3.8, 4) is 0 Å². The third kappa shape index (κ3) is 3.46. The number of anilines is 2. The maximum Gasteiger partial charge on any atom is 0.341 e. The third-order valence-electron chi connectivity index (χ3n) is 6.29. The number of pyridine rings is 1. The van der Waals surface area contributed by atoms with Crippen LogP contribution in [0, 0.1) is 11.7 Å². The van der Waals surface area contributed by atoms with Gasteiger partial charge in [-0.1, -0.05) is 6.92 Å². The minimum Gasteiger partial charge on any atom is -0.477 e. The smallest absolute Gasteiger partial charge is 0.341 e. The van der Waals surface area contributed by atoms with E-state index in [0.29, 0.717) is 42.9 Å². The number of nitrogens with two attached hydrogens (primary N) is 1. The van der Waals surface area contributed by atoms with Crippen LogP contribution in [0.1, 0.15) is 43.5 Å². The van der Waals surface area contributed by atoms with Gasteiger partial charge in [-0.05, 0) is 38.2 Å². The van der Waals surface area contributed by atoms with Gasteiger partial charge >= 0.3 is 5.97 Å². The largest absolute Gasteiger partial charge is 0.477 e. The van der Waals surface area contributed by atoms with E-state index in [9.17, 15) is 14.7 Å². The standard InChI is InChI=1S/C21H27FN4O3/c1-3-25-10-13(21(28)29)20(27)17-15(25)9-16(18(22)19(17)23)26-6-4-12(5-7-26)24-14-8-11(14)2/h9-12,14,24H,3-8,23H2,1-2H3,(H,28,29)/t11-,14-/m1/s1. The molecule has 0 amide bonds. The molecular weight excluding hydrogens is 375 g/mol. The monoisotopic (exact) mass is 402 g/mol. The summed E-state index contributed by atoms with van der Waals surface area (Å²) in [6.45, 7) is 5.91. The van der Waals surface area contributed by atoms with Gasteiger partial charge in [0.25, 0.3) is 0 Å². The van der Waals surface area contributed by atoms with E-state index in [4.69, 9.17) is 5.73 Å². The van der Waals surface area contributed by atoms with Gasteiger partial charge < -0.3 is 25.6 Å². The molecule has 0 unspecified atom stereocenters. The van der Waals surface area contributed by atoms with E-state index >= 15 is 4.39 Å². The molecular formula is C21H27FN4O3. The van der Waals surface area contributed by atoms with Crippen molar-refractivity contribution < 1.29 is 14.3 Å². The second-order valence-electron chi connectivity index (χ2n) is 8.23. The first-order valence-corrected chi connectivity index (χ1v) is 10.2. The van der Waals surface area contributed by atoms with Crippen molar-refractivity contribution in [1.29, 1.82) is 0 Å². The highest BCUT2D eigenvalue weighted by Gasteiger charge is 2.35. The minimum atomic E-state index is -1.34. The molecule has 156 valence electrons. The van der Waals surface area contributed by atoms with Crippen LogP contribution in [0.3, 0.4) is 0 Å². The number of carboxylic acids is 1. The Morgan fingerprint density at radius 1 is 1.38 bits per heavy atom. The summed E-state index contributed by atoms with van der Waals surface area (Å²) in [7, 11) is 0. The Labute approximate surface area is 168 Å². The minimum absolute atomic E-state index is 0.0627. The Morgan fingerprint density at radius 3 is 2.59 bits per heavy atom. The number of aryl methyl sites for hydroxylation is 1. The lowest BCUT2D eigenvalue weighted by Gasteiger charge is -2.35. The van der Waals surface area contributed by atoms with E-state index in [-0.39, 0.29) is 11.1 Å². The number of nitrogens with zero attached hydrogens (tertiary/aromatic N) is 2. The number of fused-ring (bicyclic) bond motifs is 1. The zero-order valence-electron chi connectivity index (χ0n) is 16.7. The number of nitrogen functional groups attached to an aromatic ring is 1. The van der Waals surface area contributed by atoms with E-state index < -0.39 is 22.8 Å². The average Bonchev–Trinajstić information content (AvgIpc) is 3.39. The number of hydrogen-bond donors (Lipinski definition) is 3. The molecule has 1 aliphatic carbocycles. The van der Waals surface area contributed by atoms with Crippen LogP contribution in [-0.2, 0) is 6.54 Å². The number of aromatic nitrogens is 1. The molecule has 0 bridgehead atoms. The number of halogens is 1. The summed E-state index contributed by atoms with van der Waals surface area (Å²) in [6, 6.07) is 2.69. The van der Waals surface area contributed by atoms with Gasteiger partial charge in [-0.2, -0.15) is 0 Å². The Kier molecular flexibility index (Phi) is 4.98. The fraction of sp³-hybridized carbons (Fsp3) is 0.524. The molecule has 0 spiro atoms. The number of aromatic carboxylic acids is 1. The maximum atomic E-state index is 15.2. The van der Waals surface area contributed by atoms with E-state index in [1.165, 1.54) is 12.6 Å². The van der Waals surface area contributed by atoms with Gasteiger partial charge in [0.2, 0.25) is 5.43 Å². The first kappa shape index (κ1) is 19.7. The number of carboxylic acid groups (broad SMARTS) is 1. The molecule has 1 aliphatic heterocycles. The Bertz CT molecular complexity index is 1030. The molecule has 1 aromatic carbocycles. The molecule has 8 heteroatoms. The molecule has 4 N–H and O–H groups in total. The summed E-state index contributed by atoms with van der Waals surface area (Å²) >= 11 is 0. The zero-order valence-corrected chi connectivity index (χ0v) is 16.7. The first-order chi connectivity index (χ1) is 13.8. The highest BCUT2D eigenvalue weighted by molar-refractivity contribution is 5.99. The van der Waals surface area contributed by atoms with Crippen LogP contribution < -0.4 is 21.4 Å². The molecule has 0 radical (unpaired) electrons. The predicted octanol–water partition coefficient (Wildman–Crippen LogP) is 2.41. The van der Waals surface area contributed by atoms with E-state index in [2.05, 4.69) is 12.2 Å². The Balaban J connectivity index is 1.69. The second-order valence-corrected chi connectivity index (χ2v) is 8.23. The van der Waals surface area contributed by atoms with Crippen molar-refractivity contribution in [2.24, 2.45) is 5.92 Å². The Hall–Kier alpha value is -2.61. The van der Waals surface area contributed by atoms with Gasteiger partial charge in [0.15, 0.2) is 5.82 Å². The maximum absolute atomic E-state index is 15.2. The van der Waals surface area contributed by atoms with Gasteiger partial charge in [0.05, 0.1) is 22.3 Å². The van der Waals surface area contributed by atoms with Crippen molar-refractivity contribution in [1.82, 2.24) is 9.88 Å². The number of nitrogens with one attached hydrogen (secondary N) is 1. The molecule has 2 aromatic rings. The van der Waals surface area contributed by atoms with Crippen LogP contribution in [0.5, 0.6) is 0 Å². The third-order valence-corrected chi connectivity index (χ3v) is 6.29. The van der Waals surface area contributed by atoms with Crippen molar-refractivity contribution in [2.75, 3.05) is 23.7 Å². The molecule has 4 rings (SSSR count). The van der Waals surface area contributed by atoms with Crippen LogP contribution in [0.2, 0.25) is 0 Å². The number of carbonyl (C=O) groups is 1. The number of rotatable bonds is 5. The quantitative estimate of drug-likeness (QED) is 0.664. The summed E-state index contributed by atoms with van der Waals surface area (Å²) in [4.78, 5) is 26.0. The second kappa shape index (κ2) is 7.33. The summed E-state index contributed by atoms with van der Waals surface area (Å²) in [5.41, 5.74) is 5.42. The molecule has 2 heterocycles. The van der Waals surface area contributed by atoms with Crippen LogP contribution >= 0.6 is 0 Å². The summed E-state index contributed by atoms with van der Waals surface area (Å²) in [5, 5.41) is 12.9. The van der Waals surface area contributed by atoms with Crippen molar-refractivity contribution in [2.45, 2.75) is 51.7 Å². The lowest BCUT2D eigenvalue weighted by atomic mass is 10.0. The van der Waals surface area contributed by atoms with E-state index in [1.807, 2.05) is 11.8 Å². The lowest BCUT2D eigenvalue weighted by molar-refractivity contribution is 0.0695. The van der Waals surface area contributed by atoms with Crippen molar-refractivity contribution in [3.63, 3.8) is 0 Å². The van der Waals surface area contributed by atoms with Gasteiger partial charge in [-0.15, -0.1) is 0 Å². The fourth-order valence-corrected chi connectivity index (χ4v) is 4.32. The zero-order chi connectivity index (χ0) is 20.9. The van der Waals surface area contributed by atoms with E-state index in [1.54, 1.807) is 10.6 Å². The van der Waals surface area contributed by atoms with Gasteiger partial charge in [0.1, 0.15) is 5.56 Å². The molecule has 2 atom stereocenters. The van der Waals surface area contributed by atoms with Gasteiger partial charge in [-0.25, -0.2) is 9.18 Å². The van der Waals surface area contributed by atoms with Crippen LogP contribution in [0.15, 0.2) is 17.1 Å². The normalized spacial score (nSPS) is 22.2. The van der Waals surface area contributed by atoms with Crippen molar-refractivity contribution in [3.05, 3.63) is 33.9 Å². The van der Waals surface area contributed by atoms with Crippen LogP contribution in [0.4, 0.5) is 15.8 Å². The fourth-order valence-electron chi connectivity index (χ4n) is 4.32. The first-order valence-electron chi connectivity index (χ1n) is 10.2. The summed E-state index contributed by atoms with van der Waals surface area (Å²) in [5.74, 6) is -1.25. The summed E-state index contributed by atoms with van der Waals surface area (Å²) < 4.78 is 16.8. The average molecular weight is 402 g/mol. The molecule has 1 saturated heterocycles. The summed E-state index contributed by atoms with van der Waals surface area (Å²) in [6.07, 6.45) is 4.36. The topological polar surface area (TPSA) is 101 Å². The van der Waals surface area contributed by atoms with Gasteiger partial charge in [-0.3, -0.25) is 4.79 Å². The highest BCUT2D eigenvalue weighted by Crippen LogP contribution is 2.34. The number of hydrogen-bond acceptors (Lipinski definition) is 5.